The number of aromatic nitrogens is 2. The van der Waals surface area contributed by atoms with Crippen LogP contribution in [-0.2, 0) is 6.54 Å². The van der Waals surface area contributed by atoms with Gasteiger partial charge < -0.3 is 4.90 Å². The fraction of sp³-hybridized carbons (Fsp3) is 0.250. The van der Waals surface area contributed by atoms with Crippen LogP contribution in [0, 0.1) is 0 Å². The van der Waals surface area contributed by atoms with E-state index in [1.54, 1.807) is 41.4 Å². The molecule has 0 aliphatic carbocycles. The SMILES string of the molecule is CC[C@H](C)N(Cc1ccc(Cl)cc1)C(=O)c1cnc2ccccn2c1=O. The number of benzene rings is 1. The maximum Gasteiger partial charge on any atom is 0.270 e. The third kappa shape index (κ3) is 3.63. The summed E-state index contributed by atoms with van der Waals surface area (Å²) in [5, 5.41) is 0.646. The Morgan fingerprint density at radius 1 is 1.23 bits per heavy atom. The Balaban J connectivity index is 1.99. The van der Waals surface area contributed by atoms with Crippen LogP contribution in [0.15, 0.2) is 59.7 Å². The zero-order valence-electron chi connectivity index (χ0n) is 14.7. The Bertz CT molecular complexity index is 982. The summed E-state index contributed by atoms with van der Waals surface area (Å²) in [7, 11) is 0. The van der Waals surface area contributed by atoms with Gasteiger partial charge in [0.25, 0.3) is 11.5 Å². The smallest absolute Gasteiger partial charge is 0.270 e. The number of amides is 1. The quantitative estimate of drug-likeness (QED) is 0.687. The largest absolute Gasteiger partial charge is 0.331 e. The van der Waals surface area contributed by atoms with E-state index in [1.807, 2.05) is 26.0 Å². The first-order valence-corrected chi connectivity index (χ1v) is 8.91. The molecule has 0 N–H and O–H groups in total. The van der Waals surface area contributed by atoms with Gasteiger partial charge in [0, 0.05) is 30.0 Å². The number of hydrogen-bond acceptors (Lipinski definition) is 3. The molecule has 0 spiro atoms. The van der Waals surface area contributed by atoms with Crippen LogP contribution in [-0.4, -0.2) is 26.2 Å². The molecule has 0 aliphatic heterocycles. The van der Waals surface area contributed by atoms with Crippen LogP contribution < -0.4 is 5.56 Å². The zero-order chi connectivity index (χ0) is 18.7. The summed E-state index contributed by atoms with van der Waals surface area (Å²) >= 11 is 5.94. The van der Waals surface area contributed by atoms with E-state index >= 15 is 0 Å². The summed E-state index contributed by atoms with van der Waals surface area (Å²) in [6, 6.07) is 12.6. The van der Waals surface area contributed by atoms with Gasteiger partial charge >= 0.3 is 0 Å². The van der Waals surface area contributed by atoms with Gasteiger partial charge in [-0.3, -0.25) is 14.0 Å². The van der Waals surface area contributed by atoms with E-state index in [0.29, 0.717) is 17.2 Å². The summed E-state index contributed by atoms with van der Waals surface area (Å²) in [4.78, 5) is 31.8. The highest BCUT2D eigenvalue weighted by molar-refractivity contribution is 6.30. The Morgan fingerprint density at radius 3 is 2.65 bits per heavy atom. The second kappa shape index (κ2) is 7.70. The summed E-state index contributed by atoms with van der Waals surface area (Å²) in [5.41, 5.74) is 1.19. The lowest BCUT2D eigenvalue weighted by Crippen LogP contribution is -2.40. The molecule has 0 fully saturated rings. The van der Waals surface area contributed by atoms with Crippen molar-refractivity contribution in [2.75, 3.05) is 0 Å². The van der Waals surface area contributed by atoms with Gasteiger partial charge in [0.1, 0.15) is 11.2 Å². The number of hydrogen-bond donors (Lipinski definition) is 0. The van der Waals surface area contributed by atoms with Crippen LogP contribution in [0.4, 0.5) is 0 Å². The predicted octanol–water partition coefficient (Wildman–Crippen LogP) is 3.79. The van der Waals surface area contributed by atoms with Crippen LogP contribution in [0.5, 0.6) is 0 Å². The van der Waals surface area contributed by atoms with Crippen LogP contribution in [0.2, 0.25) is 5.02 Å². The number of carbonyl (C=O) groups is 1. The standard InChI is InChI=1S/C20H20ClN3O2/c1-3-14(2)24(13-15-7-9-16(21)10-8-15)20(26)17-12-22-18-6-4-5-11-23(18)19(17)25/h4-12,14H,3,13H2,1-2H3/t14-/m0/s1. The number of carbonyl (C=O) groups excluding carboxylic acids is 1. The van der Waals surface area contributed by atoms with E-state index < -0.39 is 0 Å². The molecule has 0 saturated carbocycles. The average Bonchev–Trinajstić information content (AvgIpc) is 2.67. The second-order valence-electron chi connectivity index (χ2n) is 6.22. The topological polar surface area (TPSA) is 54.7 Å². The normalized spacial score (nSPS) is 12.1. The van der Waals surface area contributed by atoms with Gasteiger partial charge in [0.05, 0.1) is 0 Å². The monoisotopic (exact) mass is 369 g/mol. The Morgan fingerprint density at radius 2 is 1.96 bits per heavy atom. The summed E-state index contributed by atoms with van der Waals surface area (Å²) < 4.78 is 1.39. The summed E-state index contributed by atoms with van der Waals surface area (Å²) in [6.07, 6.45) is 3.77. The molecule has 0 unspecified atom stereocenters. The molecule has 3 rings (SSSR count). The molecule has 2 aromatic heterocycles. The minimum Gasteiger partial charge on any atom is -0.331 e. The number of fused-ring (bicyclic) bond motifs is 1. The van der Waals surface area contributed by atoms with Crippen LogP contribution in [0.1, 0.15) is 36.2 Å². The molecule has 6 heteroatoms. The Labute approximate surface area is 156 Å². The molecule has 26 heavy (non-hydrogen) atoms. The van der Waals surface area contributed by atoms with Crippen molar-refractivity contribution in [3.63, 3.8) is 0 Å². The van der Waals surface area contributed by atoms with E-state index in [9.17, 15) is 9.59 Å². The first-order chi connectivity index (χ1) is 12.5. The van der Waals surface area contributed by atoms with Crippen molar-refractivity contribution in [3.8, 4) is 0 Å². The van der Waals surface area contributed by atoms with Crippen molar-refractivity contribution in [3.05, 3.63) is 81.4 Å². The number of halogens is 1. The fourth-order valence-electron chi connectivity index (χ4n) is 2.76. The molecule has 0 aliphatic rings. The fourth-order valence-corrected chi connectivity index (χ4v) is 2.89. The molecule has 0 bridgehead atoms. The van der Waals surface area contributed by atoms with Crippen molar-refractivity contribution in [2.24, 2.45) is 0 Å². The van der Waals surface area contributed by atoms with Gasteiger partial charge in [-0.25, -0.2) is 4.98 Å². The van der Waals surface area contributed by atoms with Crippen LogP contribution in [0.25, 0.3) is 5.65 Å². The minimum absolute atomic E-state index is 0.0194. The summed E-state index contributed by atoms with van der Waals surface area (Å²) in [6.45, 7) is 4.39. The van der Waals surface area contributed by atoms with Crippen molar-refractivity contribution in [1.82, 2.24) is 14.3 Å². The van der Waals surface area contributed by atoms with Crippen LogP contribution >= 0.6 is 11.6 Å². The molecule has 1 aromatic carbocycles. The summed E-state index contributed by atoms with van der Waals surface area (Å²) in [5.74, 6) is -0.315. The molecule has 1 amide bonds. The lowest BCUT2D eigenvalue weighted by molar-refractivity contribution is 0.0669. The van der Waals surface area contributed by atoms with Gasteiger partial charge in [0.2, 0.25) is 0 Å². The molecule has 0 saturated heterocycles. The van der Waals surface area contributed by atoms with E-state index in [2.05, 4.69) is 4.98 Å². The van der Waals surface area contributed by atoms with Crippen LogP contribution in [0.3, 0.4) is 0 Å². The van der Waals surface area contributed by atoms with Gasteiger partial charge in [-0.2, -0.15) is 0 Å². The van der Waals surface area contributed by atoms with Gasteiger partial charge in [-0.15, -0.1) is 0 Å². The lowest BCUT2D eigenvalue weighted by atomic mass is 10.1. The number of pyridine rings is 1. The van der Waals surface area contributed by atoms with Gasteiger partial charge in [-0.05, 0) is 43.2 Å². The second-order valence-corrected chi connectivity index (χ2v) is 6.66. The third-order valence-corrected chi connectivity index (χ3v) is 4.75. The first-order valence-electron chi connectivity index (χ1n) is 8.53. The average molecular weight is 370 g/mol. The van der Waals surface area contributed by atoms with Gasteiger partial charge in [-0.1, -0.05) is 36.7 Å². The van der Waals surface area contributed by atoms with Crippen molar-refractivity contribution >= 4 is 23.2 Å². The van der Waals surface area contributed by atoms with E-state index in [-0.39, 0.29) is 23.1 Å². The van der Waals surface area contributed by atoms with Crippen molar-refractivity contribution < 1.29 is 4.79 Å². The minimum atomic E-state index is -0.356. The maximum atomic E-state index is 13.1. The molecule has 3 aromatic rings. The van der Waals surface area contributed by atoms with E-state index in [0.717, 1.165) is 12.0 Å². The van der Waals surface area contributed by atoms with Crippen molar-refractivity contribution in [2.45, 2.75) is 32.9 Å². The zero-order valence-corrected chi connectivity index (χ0v) is 15.5. The molecule has 0 radical (unpaired) electrons. The Hall–Kier alpha value is -2.66. The molecule has 1 atom stereocenters. The molecule has 134 valence electrons. The molecular weight excluding hydrogens is 350 g/mol. The van der Waals surface area contributed by atoms with Gasteiger partial charge in [0.15, 0.2) is 0 Å². The highest BCUT2D eigenvalue weighted by atomic mass is 35.5. The molecule has 2 heterocycles. The van der Waals surface area contributed by atoms with E-state index in [4.69, 9.17) is 11.6 Å². The highest BCUT2D eigenvalue weighted by Crippen LogP contribution is 2.16. The number of nitrogens with zero attached hydrogens (tertiary/aromatic N) is 3. The first kappa shape index (κ1) is 18.1. The predicted molar refractivity (Wildman–Crippen MR) is 103 cm³/mol. The maximum absolute atomic E-state index is 13.1. The lowest BCUT2D eigenvalue weighted by Gasteiger charge is -2.28. The highest BCUT2D eigenvalue weighted by Gasteiger charge is 2.24. The van der Waals surface area contributed by atoms with Crippen molar-refractivity contribution in [1.29, 1.82) is 0 Å². The molecule has 5 nitrogen and oxygen atoms in total. The van der Waals surface area contributed by atoms with E-state index in [1.165, 1.54) is 10.6 Å². The third-order valence-electron chi connectivity index (χ3n) is 4.49. The number of rotatable bonds is 5. The Kier molecular flexibility index (Phi) is 5.38. The molecular formula is C20H20ClN3O2.